The number of hydrogen-bond acceptors (Lipinski definition) is 1. The summed E-state index contributed by atoms with van der Waals surface area (Å²) in [5.74, 6) is 0. The number of aliphatic hydroxyl groups excluding tert-OH is 1. The molecule has 91 valence electrons. The van der Waals surface area contributed by atoms with Crippen molar-refractivity contribution in [1.82, 2.24) is 0 Å². The normalized spacial score (nSPS) is 14.4. The Morgan fingerprint density at radius 3 is 1.94 bits per heavy atom. The summed E-state index contributed by atoms with van der Waals surface area (Å²) in [6.07, 6.45) is 10.7. The molecule has 0 saturated heterocycles. The van der Waals surface area contributed by atoms with E-state index in [4.69, 9.17) is 5.11 Å². The van der Waals surface area contributed by atoms with Crippen molar-refractivity contribution in [2.75, 3.05) is 6.61 Å². The molecule has 0 aromatic heterocycles. The van der Waals surface area contributed by atoms with Gasteiger partial charge in [0.1, 0.15) is 0 Å². The van der Waals surface area contributed by atoms with Crippen LogP contribution in [0.5, 0.6) is 0 Å². The molecule has 1 heteroatoms. The quantitative estimate of drug-likeness (QED) is 0.638. The van der Waals surface area contributed by atoms with Crippen LogP contribution in [0.3, 0.4) is 0 Å². The van der Waals surface area contributed by atoms with E-state index in [2.05, 4.69) is 32.9 Å². The molecule has 0 fully saturated rings. The molecule has 0 aromatic rings. The zero-order chi connectivity index (χ0) is 12.4. The summed E-state index contributed by atoms with van der Waals surface area (Å²) >= 11 is 0. The molecule has 0 bridgehead atoms. The molecule has 1 radical (unpaired) electrons. The van der Waals surface area contributed by atoms with Gasteiger partial charge in [-0.25, -0.2) is 0 Å². The monoisotopic (exact) mass is 221 g/mol. The average Bonchev–Trinajstić information content (AvgIpc) is 2.28. The van der Waals surface area contributed by atoms with Crippen molar-refractivity contribution in [2.24, 2.45) is 0 Å². The van der Waals surface area contributed by atoms with Crippen LogP contribution in [-0.4, -0.2) is 11.7 Å². The van der Waals surface area contributed by atoms with E-state index in [0.717, 1.165) is 31.3 Å². The predicted molar refractivity (Wildman–Crippen MR) is 72.2 cm³/mol. The summed E-state index contributed by atoms with van der Waals surface area (Å²) in [7, 11) is 0. The van der Waals surface area contributed by atoms with Crippen molar-refractivity contribution in [3.8, 4) is 0 Å². The van der Waals surface area contributed by atoms with Crippen molar-refractivity contribution < 1.29 is 5.11 Å². The van der Waals surface area contributed by atoms with E-state index in [1.807, 2.05) is 13.0 Å². The third kappa shape index (κ3) is 8.49. The highest BCUT2D eigenvalue weighted by molar-refractivity contribution is 5.06. The van der Waals surface area contributed by atoms with Gasteiger partial charge in [0.05, 0.1) is 6.61 Å². The van der Waals surface area contributed by atoms with Gasteiger partial charge in [0.15, 0.2) is 0 Å². The summed E-state index contributed by atoms with van der Waals surface area (Å²) in [6, 6.07) is 0. The van der Waals surface area contributed by atoms with E-state index >= 15 is 0 Å². The lowest BCUT2D eigenvalue weighted by Gasteiger charge is -2.00. The van der Waals surface area contributed by atoms with Gasteiger partial charge in [-0.2, -0.15) is 0 Å². The lowest BCUT2D eigenvalue weighted by atomic mass is 10.1. The Kier molecular flexibility index (Phi) is 8.93. The van der Waals surface area contributed by atoms with Gasteiger partial charge >= 0.3 is 0 Å². The molecule has 0 amide bonds. The van der Waals surface area contributed by atoms with E-state index in [1.54, 1.807) is 0 Å². The Labute approximate surface area is 101 Å². The lowest BCUT2D eigenvalue weighted by molar-refractivity contribution is 0.331. The molecule has 0 heterocycles. The Morgan fingerprint density at radius 2 is 1.44 bits per heavy atom. The molecule has 0 aliphatic carbocycles. The Bertz CT molecular complexity index is 269. The van der Waals surface area contributed by atoms with Gasteiger partial charge in [-0.15, -0.1) is 0 Å². The van der Waals surface area contributed by atoms with Crippen LogP contribution in [0.4, 0.5) is 0 Å². The van der Waals surface area contributed by atoms with Gasteiger partial charge in [-0.05, 0) is 53.4 Å². The molecule has 1 nitrogen and oxygen atoms in total. The summed E-state index contributed by atoms with van der Waals surface area (Å²) in [5, 5.41) is 8.83. The highest BCUT2D eigenvalue weighted by Gasteiger charge is 1.91. The third-order valence-corrected chi connectivity index (χ3v) is 2.66. The standard InChI is InChI=1S/C15H25O/c1-5-13(2)8-6-9-14(3)10-7-11-15(4)12-16/h5,9,11,16H,1,6-8,10,12H2,2-4H3/b13-5+,14-9+,15-11?. The van der Waals surface area contributed by atoms with E-state index < -0.39 is 0 Å². The van der Waals surface area contributed by atoms with Gasteiger partial charge in [-0.1, -0.05) is 34.9 Å². The number of aliphatic hydroxyl groups is 1. The molecule has 0 aliphatic heterocycles. The van der Waals surface area contributed by atoms with Gasteiger partial charge in [0, 0.05) is 0 Å². The second-order valence-corrected chi connectivity index (χ2v) is 4.39. The van der Waals surface area contributed by atoms with E-state index in [0.29, 0.717) is 0 Å². The van der Waals surface area contributed by atoms with Crippen LogP contribution in [0.2, 0.25) is 0 Å². The Morgan fingerprint density at radius 1 is 0.938 bits per heavy atom. The fraction of sp³-hybridized carbons (Fsp3) is 0.533. The van der Waals surface area contributed by atoms with Crippen molar-refractivity contribution in [2.45, 2.75) is 46.5 Å². The fourth-order valence-electron chi connectivity index (χ4n) is 1.36. The summed E-state index contributed by atoms with van der Waals surface area (Å²) in [4.78, 5) is 0. The molecule has 0 unspecified atom stereocenters. The van der Waals surface area contributed by atoms with Gasteiger partial charge in [0.25, 0.3) is 0 Å². The molecular weight excluding hydrogens is 196 g/mol. The van der Waals surface area contributed by atoms with Crippen molar-refractivity contribution in [3.63, 3.8) is 0 Å². The first kappa shape index (κ1) is 15.2. The van der Waals surface area contributed by atoms with Crippen LogP contribution in [0.1, 0.15) is 46.5 Å². The second kappa shape index (κ2) is 9.41. The smallest absolute Gasteiger partial charge is 0.0639 e. The summed E-state index contributed by atoms with van der Waals surface area (Å²) < 4.78 is 0. The SMILES string of the molecule is [CH2]/C=C(\C)CC/C=C(\C)CCC=C(C)CO. The minimum atomic E-state index is 0.177. The minimum Gasteiger partial charge on any atom is -0.392 e. The van der Waals surface area contributed by atoms with E-state index in [9.17, 15) is 0 Å². The zero-order valence-electron chi connectivity index (χ0n) is 10.9. The highest BCUT2D eigenvalue weighted by Crippen LogP contribution is 2.10. The van der Waals surface area contributed by atoms with Crippen molar-refractivity contribution >= 4 is 0 Å². The number of hydrogen-bond donors (Lipinski definition) is 1. The third-order valence-electron chi connectivity index (χ3n) is 2.66. The molecule has 0 atom stereocenters. The van der Waals surface area contributed by atoms with E-state index in [-0.39, 0.29) is 6.61 Å². The molecule has 16 heavy (non-hydrogen) atoms. The maximum atomic E-state index is 8.83. The highest BCUT2D eigenvalue weighted by atomic mass is 16.3. The second-order valence-electron chi connectivity index (χ2n) is 4.39. The Hall–Kier alpha value is -0.820. The molecule has 0 aliphatic rings. The minimum absolute atomic E-state index is 0.177. The van der Waals surface area contributed by atoms with Gasteiger partial charge < -0.3 is 5.11 Å². The molecule has 0 rings (SSSR count). The van der Waals surface area contributed by atoms with E-state index in [1.165, 1.54) is 11.1 Å². The molecule has 0 aromatic carbocycles. The average molecular weight is 221 g/mol. The van der Waals surface area contributed by atoms with Crippen molar-refractivity contribution in [3.05, 3.63) is 41.9 Å². The number of allylic oxidation sites excluding steroid dienone is 5. The van der Waals surface area contributed by atoms with Crippen LogP contribution in [0.25, 0.3) is 0 Å². The van der Waals surface area contributed by atoms with Crippen LogP contribution < -0.4 is 0 Å². The van der Waals surface area contributed by atoms with Crippen molar-refractivity contribution in [1.29, 1.82) is 0 Å². The lowest BCUT2D eigenvalue weighted by Crippen LogP contribution is -1.84. The van der Waals surface area contributed by atoms with Crippen LogP contribution in [-0.2, 0) is 0 Å². The van der Waals surface area contributed by atoms with Crippen LogP contribution in [0, 0.1) is 6.92 Å². The zero-order valence-corrected chi connectivity index (χ0v) is 10.9. The van der Waals surface area contributed by atoms with Crippen LogP contribution >= 0.6 is 0 Å². The Balaban J connectivity index is 3.80. The summed E-state index contributed by atoms with van der Waals surface area (Å²) in [6.45, 7) is 10.2. The molecule has 0 spiro atoms. The molecular formula is C15H25O. The maximum Gasteiger partial charge on any atom is 0.0639 e. The first-order chi connectivity index (χ1) is 7.60. The van der Waals surface area contributed by atoms with Gasteiger partial charge in [-0.3, -0.25) is 0 Å². The van der Waals surface area contributed by atoms with Crippen LogP contribution in [0.15, 0.2) is 34.9 Å². The fourth-order valence-corrected chi connectivity index (χ4v) is 1.36. The summed E-state index contributed by atoms with van der Waals surface area (Å²) in [5.41, 5.74) is 3.84. The molecule has 1 N–H and O–H groups in total. The first-order valence-electron chi connectivity index (χ1n) is 5.97. The first-order valence-corrected chi connectivity index (χ1v) is 5.97. The predicted octanol–water partition coefficient (Wildman–Crippen LogP) is 4.21. The molecule has 0 saturated carbocycles. The number of rotatable bonds is 7. The maximum absolute atomic E-state index is 8.83. The topological polar surface area (TPSA) is 20.2 Å². The van der Waals surface area contributed by atoms with Gasteiger partial charge in [0.2, 0.25) is 0 Å². The largest absolute Gasteiger partial charge is 0.392 e.